The van der Waals surface area contributed by atoms with Crippen molar-refractivity contribution in [1.29, 1.82) is 0 Å². The van der Waals surface area contributed by atoms with Gasteiger partial charge in [0, 0.05) is 5.02 Å². The molecule has 0 saturated carbocycles. The largest absolute Gasteiger partial charge is 0.0843 e. The molecule has 2 aliphatic carbocycles. The molecule has 9 aromatic carbocycles. The van der Waals surface area contributed by atoms with Crippen LogP contribution in [0.1, 0.15) is 22.3 Å². The second kappa shape index (κ2) is 11.1. The summed E-state index contributed by atoms with van der Waals surface area (Å²) >= 11 is 6.87. The van der Waals surface area contributed by atoms with E-state index in [0.717, 1.165) is 5.02 Å². The smallest absolute Gasteiger partial charge is 0.0726 e. The molecule has 0 bridgehead atoms. The Morgan fingerprint density at radius 1 is 0.288 bits per heavy atom. The zero-order valence-corrected chi connectivity index (χ0v) is 29.0. The predicted molar refractivity (Wildman–Crippen MR) is 219 cm³/mol. The molecule has 0 heterocycles. The Labute approximate surface area is 308 Å². The van der Waals surface area contributed by atoms with Crippen LogP contribution in [0, 0.1) is 0 Å². The summed E-state index contributed by atoms with van der Waals surface area (Å²) in [6, 6.07) is 69.1. The number of fused-ring (bicyclic) bond motifs is 13. The second-order valence-corrected chi connectivity index (χ2v) is 14.5. The van der Waals surface area contributed by atoms with Gasteiger partial charge in [-0.3, -0.25) is 0 Å². The molecule has 0 fully saturated rings. The first kappa shape index (κ1) is 29.5. The maximum atomic E-state index is 6.87. The van der Waals surface area contributed by atoms with Crippen LogP contribution in [0.15, 0.2) is 188 Å². The molecular weight excluding hydrogens is 648 g/mol. The highest BCUT2D eigenvalue weighted by Crippen LogP contribution is 2.64. The van der Waals surface area contributed by atoms with Crippen molar-refractivity contribution in [2.24, 2.45) is 0 Å². The lowest BCUT2D eigenvalue weighted by atomic mass is 9.70. The van der Waals surface area contributed by atoms with Crippen LogP contribution in [0.2, 0.25) is 5.02 Å². The zero-order chi connectivity index (χ0) is 34.4. The summed E-state index contributed by atoms with van der Waals surface area (Å²) < 4.78 is 0. The van der Waals surface area contributed by atoms with E-state index in [9.17, 15) is 0 Å². The van der Waals surface area contributed by atoms with Gasteiger partial charge in [-0.25, -0.2) is 0 Å². The van der Waals surface area contributed by atoms with Gasteiger partial charge >= 0.3 is 0 Å². The van der Waals surface area contributed by atoms with E-state index < -0.39 is 5.41 Å². The number of rotatable bonds is 3. The molecule has 0 amide bonds. The Kier molecular flexibility index (Phi) is 6.32. The molecule has 0 unspecified atom stereocenters. The molecule has 52 heavy (non-hydrogen) atoms. The zero-order valence-electron chi connectivity index (χ0n) is 28.3. The van der Waals surface area contributed by atoms with E-state index in [2.05, 4.69) is 188 Å². The van der Waals surface area contributed by atoms with Crippen molar-refractivity contribution in [3.63, 3.8) is 0 Å². The van der Waals surface area contributed by atoms with Gasteiger partial charge in [0.1, 0.15) is 0 Å². The van der Waals surface area contributed by atoms with E-state index in [0.29, 0.717) is 0 Å². The van der Waals surface area contributed by atoms with Gasteiger partial charge in [0.2, 0.25) is 0 Å². The first-order chi connectivity index (χ1) is 25.7. The summed E-state index contributed by atoms with van der Waals surface area (Å²) in [6.07, 6.45) is 0. The molecule has 0 atom stereocenters. The van der Waals surface area contributed by atoms with Crippen LogP contribution in [-0.4, -0.2) is 0 Å². The first-order valence-corrected chi connectivity index (χ1v) is 18.3. The third-order valence-electron chi connectivity index (χ3n) is 11.6. The highest BCUT2D eigenvalue weighted by Gasteiger charge is 2.52. The summed E-state index contributed by atoms with van der Waals surface area (Å²) in [5, 5.41) is 5.77. The lowest BCUT2D eigenvalue weighted by molar-refractivity contribution is 0.794. The van der Waals surface area contributed by atoms with E-state index >= 15 is 0 Å². The molecule has 0 radical (unpaired) electrons. The van der Waals surface area contributed by atoms with Crippen LogP contribution in [0.25, 0.3) is 77.2 Å². The minimum Gasteiger partial charge on any atom is -0.0843 e. The van der Waals surface area contributed by atoms with Crippen molar-refractivity contribution in [2.45, 2.75) is 5.41 Å². The third-order valence-corrected chi connectivity index (χ3v) is 11.8. The van der Waals surface area contributed by atoms with Crippen LogP contribution in [0.5, 0.6) is 0 Å². The number of hydrogen-bond acceptors (Lipinski definition) is 0. The molecule has 1 spiro atoms. The Morgan fingerprint density at radius 2 is 0.865 bits per heavy atom. The highest BCUT2D eigenvalue weighted by molar-refractivity contribution is 6.31. The maximum Gasteiger partial charge on any atom is 0.0726 e. The molecule has 242 valence electrons. The van der Waals surface area contributed by atoms with Crippen molar-refractivity contribution < 1.29 is 0 Å². The van der Waals surface area contributed by atoms with Crippen molar-refractivity contribution >= 4 is 33.1 Å². The predicted octanol–water partition coefficient (Wildman–Crippen LogP) is 14.0. The number of benzene rings is 9. The average molecular weight is 679 g/mol. The SMILES string of the molecule is Clc1ccc2c(c1)C1(c3ccccc3-c3ccccc31)c1ccc3c(-c4ccc(-c5ccccc5)c5cc(-c6ccccc6)ccc45)cccc3c1-2. The van der Waals surface area contributed by atoms with E-state index in [4.69, 9.17) is 11.6 Å². The van der Waals surface area contributed by atoms with Crippen LogP contribution >= 0.6 is 11.6 Å². The minimum atomic E-state index is -0.440. The van der Waals surface area contributed by atoms with Gasteiger partial charge in [-0.2, -0.15) is 0 Å². The van der Waals surface area contributed by atoms with Crippen molar-refractivity contribution in [3.8, 4) is 55.6 Å². The fourth-order valence-corrected chi connectivity index (χ4v) is 9.64. The summed E-state index contributed by atoms with van der Waals surface area (Å²) in [7, 11) is 0. The average Bonchev–Trinajstić information content (AvgIpc) is 3.68. The van der Waals surface area contributed by atoms with Gasteiger partial charge in [-0.1, -0.05) is 181 Å². The van der Waals surface area contributed by atoms with Gasteiger partial charge in [0.05, 0.1) is 5.41 Å². The third kappa shape index (κ3) is 3.99. The molecule has 0 nitrogen and oxygen atoms in total. The molecule has 2 aliphatic rings. The molecule has 0 saturated heterocycles. The van der Waals surface area contributed by atoms with Crippen molar-refractivity contribution in [2.75, 3.05) is 0 Å². The Bertz CT molecular complexity index is 2860. The van der Waals surface area contributed by atoms with Crippen molar-refractivity contribution in [3.05, 3.63) is 215 Å². The molecule has 9 aromatic rings. The highest BCUT2D eigenvalue weighted by atomic mass is 35.5. The van der Waals surface area contributed by atoms with Gasteiger partial charge in [0.15, 0.2) is 0 Å². The summed E-state index contributed by atoms with van der Waals surface area (Å²) in [6.45, 7) is 0. The van der Waals surface area contributed by atoms with Crippen LogP contribution in [0.3, 0.4) is 0 Å². The molecule has 0 aliphatic heterocycles. The lowest BCUT2D eigenvalue weighted by Crippen LogP contribution is -2.25. The summed E-state index contributed by atoms with van der Waals surface area (Å²) in [5.74, 6) is 0. The quantitative estimate of drug-likeness (QED) is 0.174. The molecule has 11 rings (SSSR count). The molecule has 1 heteroatoms. The lowest BCUT2D eigenvalue weighted by Gasteiger charge is -2.30. The fourth-order valence-electron chi connectivity index (χ4n) is 9.46. The van der Waals surface area contributed by atoms with Gasteiger partial charge in [-0.05, 0) is 118 Å². The summed E-state index contributed by atoms with van der Waals surface area (Å²) in [4.78, 5) is 0. The van der Waals surface area contributed by atoms with E-state index in [1.165, 1.54) is 99.4 Å². The molecule has 0 N–H and O–H groups in total. The van der Waals surface area contributed by atoms with Crippen LogP contribution < -0.4 is 0 Å². The number of halogens is 1. The maximum absolute atomic E-state index is 6.87. The monoisotopic (exact) mass is 678 g/mol. The van der Waals surface area contributed by atoms with Crippen LogP contribution in [-0.2, 0) is 5.41 Å². The number of hydrogen-bond donors (Lipinski definition) is 0. The topological polar surface area (TPSA) is 0 Å². The van der Waals surface area contributed by atoms with Gasteiger partial charge < -0.3 is 0 Å². The molecule has 0 aromatic heterocycles. The Hall–Kier alpha value is -6.21. The second-order valence-electron chi connectivity index (χ2n) is 14.1. The Morgan fingerprint density at radius 3 is 1.62 bits per heavy atom. The van der Waals surface area contributed by atoms with E-state index in [-0.39, 0.29) is 0 Å². The minimum absolute atomic E-state index is 0.440. The molecular formula is C51H31Cl. The normalized spacial score (nSPS) is 13.2. The van der Waals surface area contributed by atoms with Crippen molar-refractivity contribution in [1.82, 2.24) is 0 Å². The van der Waals surface area contributed by atoms with Gasteiger partial charge in [-0.15, -0.1) is 0 Å². The standard InChI is InChI=1S/C51H31Cl/c52-35-23-25-44-49(31-35)51(46-20-9-7-16-41(46)42-17-8-10-21-47(42)51)48-29-28-39-37(18-11-19-43(39)50(44)48)38-27-26-36(33-14-5-2-6-15-33)45-30-34(22-24-40(38)45)32-12-3-1-4-13-32/h1-31H. The summed E-state index contributed by atoms with van der Waals surface area (Å²) in [5.41, 5.74) is 17.3. The van der Waals surface area contributed by atoms with Crippen LogP contribution in [0.4, 0.5) is 0 Å². The van der Waals surface area contributed by atoms with E-state index in [1.807, 2.05) is 0 Å². The Balaban J connectivity index is 1.19. The van der Waals surface area contributed by atoms with Gasteiger partial charge in [0.25, 0.3) is 0 Å². The fraction of sp³-hybridized carbons (Fsp3) is 0.0196. The van der Waals surface area contributed by atoms with E-state index in [1.54, 1.807) is 0 Å². The first-order valence-electron chi connectivity index (χ1n) is 18.0.